The van der Waals surface area contributed by atoms with Crippen LogP contribution < -0.4 is 10.5 Å². The molecule has 0 radical (unpaired) electrons. The summed E-state index contributed by atoms with van der Waals surface area (Å²) in [5.74, 6) is 0.906. The number of nitrogens with two attached hydrogens (primary N) is 1. The zero-order chi connectivity index (χ0) is 13.2. The predicted molar refractivity (Wildman–Crippen MR) is 71.2 cm³/mol. The highest BCUT2D eigenvalue weighted by atomic mass is 16.5. The molecule has 1 atom stereocenters. The fourth-order valence-corrected chi connectivity index (χ4v) is 2.07. The van der Waals surface area contributed by atoms with Crippen LogP contribution >= 0.6 is 0 Å². The Labute approximate surface area is 109 Å². The molecule has 0 aliphatic heterocycles. The van der Waals surface area contributed by atoms with E-state index in [0.29, 0.717) is 13.0 Å². The first-order chi connectivity index (χ1) is 8.56. The molecule has 96 valence electrons. The maximum absolute atomic E-state index is 8.77. The van der Waals surface area contributed by atoms with E-state index in [1.165, 1.54) is 0 Å². The minimum Gasteiger partial charge on any atom is -0.493 e. The molecular weight excluding hydrogens is 224 g/mol. The summed E-state index contributed by atoms with van der Waals surface area (Å²) in [6, 6.07) is 8.36. The number of nitriles is 1. The summed E-state index contributed by atoms with van der Waals surface area (Å²) >= 11 is 0. The van der Waals surface area contributed by atoms with Crippen LogP contribution in [0.15, 0.2) is 18.2 Å². The van der Waals surface area contributed by atoms with E-state index < -0.39 is 0 Å². The molecule has 2 rings (SSSR count). The third kappa shape index (κ3) is 2.83. The van der Waals surface area contributed by atoms with Crippen LogP contribution in [0.25, 0.3) is 0 Å². The van der Waals surface area contributed by atoms with Crippen molar-refractivity contribution >= 4 is 0 Å². The number of benzene rings is 1. The standard InChI is InChI=1S/C15H20N2O/c1-11-9-13(12(2)17)3-4-14(11)18-10-15(5-6-15)7-8-16/h3-4,9,12H,5-7,10,17H2,1-2H3/t12-/m0/s1. The zero-order valence-corrected chi connectivity index (χ0v) is 11.1. The van der Waals surface area contributed by atoms with Crippen LogP contribution in [0, 0.1) is 23.7 Å². The van der Waals surface area contributed by atoms with Crippen molar-refractivity contribution in [3.8, 4) is 11.8 Å². The molecular formula is C15H20N2O. The summed E-state index contributed by atoms with van der Waals surface area (Å²) in [7, 11) is 0. The Hall–Kier alpha value is -1.53. The van der Waals surface area contributed by atoms with Gasteiger partial charge in [-0.05, 0) is 43.9 Å². The first kappa shape index (κ1) is 12.9. The van der Waals surface area contributed by atoms with Gasteiger partial charge in [0.05, 0.1) is 12.7 Å². The van der Waals surface area contributed by atoms with Crippen molar-refractivity contribution in [1.29, 1.82) is 5.26 Å². The van der Waals surface area contributed by atoms with Gasteiger partial charge in [0.25, 0.3) is 0 Å². The minimum atomic E-state index is 0.0473. The smallest absolute Gasteiger partial charge is 0.122 e. The summed E-state index contributed by atoms with van der Waals surface area (Å²) in [4.78, 5) is 0. The average molecular weight is 244 g/mol. The number of rotatable bonds is 5. The van der Waals surface area contributed by atoms with Gasteiger partial charge < -0.3 is 10.5 Å². The van der Waals surface area contributed by atoms with Crippen molar-refractivity contribution < 1.29 is 4.74 Å². The molecule has 3 nitrogen and oxygen atoms in total. The Kier molecular flexibility index (Phi) is 3.58. The third-order valence-electron chi connectivity index (χ3n) is 3.67. The quantitative estimate of drug-likeness (QED) is 0.865. The van der Waals surface area contributed by atoms with Crippen molar-refractivity contribution in [2.45, 2.75) is 39.2 Å². The lowest BCUT2D eigenvalue weighted by molar-refractivity contribution is 0.235. The van der Waals surface area contributed by atoms with Gasteiger partial charge in [-0.15, -0.1) is 0 Å². The normalized spacial score (nSPS) is 17.9. The molecule has 3 heteroatoms. The Morgan fingerprint density at radius 2 is 2.22 bits per heavy atom. The Morgan fingerprint density at radius 3 is 2.72 bits per heavy atom. The van der Waals surface area contributed by atoms with E-state index in [4.69, 9.17) is 15.7 Å². The van der Waals surface area contributed by atoms with E-state index in [1.54, 1.807) is 0 Å². The molecule has 1 saturated carbocycles. The molecule has 1 aromatic rings. The van der Waals surface area contributed by atoms with Gasteiger partial charge in [0.15, 0.2) is 0 Å². The summed E-state index contributed by atoms with van der Waals surface area (Å²) in [5, 5.41) is 8.77. The lowest BCUT2D eigenvalue weighted by Crippen LogP contribution is -2.13. The molecule has 1 aromatic carbocycles. The highest BCUT2D eigenvalue weighted by molar-refractivity contribution is 5.37. The number of nitrogens with zero attached hydrogens (tertiary/aromatic N) is 1. The van der Waals surface area contributed by atoms with Gasteiger partial charge in [0, 0.05) is 17.9 Å². The van der Waals surface area contributed by atoms with Crippen LogP contribution in [-0.2, 0) is 0 Å². The van der Waals surface area contributed by atoms with Crippen LogP contribution in [0.3, 0.4) is 0 Å². The minimum absolute atomic E-state index is 0.0473. The summed E-state index contributed by atoms with van der Waals surface area (Å²) < 4.78 is 5.86. The van der Waals surface area contributed by atoms with Crippen LogP contribution in [0.5, 0.6) is 5.75 Å². The maximum atomic E-state index is 8.77. The Balaban J connectivity index is 2.00. The second kappa shape index (κ2) is 4.99. The molecule has 0 amide bonds. The molecule has 0 spiro atoms. The lowest BCUT2D eigenvalue weighted by atomic mass is 10.0. The van der Waals surface area contributed by atoms with E-state index in [0.717, 1.165) is 29.7 Å². The van der Waals surface area contributed by atoms with Crippen LogP contribution in [0.4, 0.5) is 0 Å². The van der Waals surface area contributed by atoms with Gasteiger partial charge in [-0.2, -0.15) is 5.26 Å². The first-order valence-electron chi connectivity index (χ1n) is 6.42. The van der Waals surface area contributed by atoms with Crippen molar-refractivity contribution in [3.63, 3.8) is 0 Å². The Morgan fingerprint density at radius 1 is 1.50 bits per heavy atom. The predicted octanol–water partition coefficient (Wildman–Crippen LogP) is 3.09. The zero-order valence-electron chi connectivity index (χ0n) is 11.1. The fourth-order valence-electron chi connectivity index (χ4n) is 2.07. The molecule has 0 saturated heterocycles. The van der Waals surface area contributed by atoms with Crippen molar-refractivity contribution in [2.24, 2.45) is 11.1 Å². The summed E-state index contributed by atoms with van der Waals surface area (Å²) in [6.45, 7) is 4.66. The summed E-state index contributed by atoms with van der Waals surface area (Å²) in [5.41, 5.74) is 8.21. The topological polar surface area (TPSA) is 59.0 Å². The van der Waals surface area contributed by atoms with Gasteiger partial charge in [-0.1, -0.05) is 12.1 Å². The van der Waals surface area contributed by atoms with E-state index in [9.17, 15) is 0 Å². The van der Waals surface area contributed by atoms with Gasteiger partial charge >= 0.3 is 0 Å². The van der Waals surface area contributed by atoms with Gasteiger partial charge in [0.2, 0.25) is 0 Å². The van der Waals surface area contributed by atoms with Gasteiger partial charge in [0.1, 0.15) is 5.75 Å². The van der Waals surface area contributed by atoms with E-state index in [2.05, 4.69) is 12.1 Å². The van der Waals surface area contributed by atoms with Crippen LogP contribution in [0.2, 0.25) is 0 Å². The lowest BCUT2D eigenvalue weighted by Gasteiger charge is -2.16. The van der Waals surface area contributed by atoms with Crippen molar-refractivity contribution in [3.05, 3.63) is 29.3 Å². The molecule has 1 fully saturated rings. The van der Waals surface area contributed by atoms with E-state index in [-0.39, 0.29) is 11.5 Å². The monoisotopic (exact) mass is 244 g/mol. The van der Waals surface area contributed by atoms with Crippen molar-refractivity contribution in [1.82, 2.24) is 0 Å². The third-order valence-corrected chi connectivity index (χ3v) is 3.67. The molecule has 18 heavy (non-hydrogen) atoms. The highest BCUT2D eigenvalue weighted by Gasteiger charge is 2.43. The van der Waals surface area contributed by atoms with Crippen LogP contribution in [-0.4, -0.2) is 6.61 Å². The molecule has 1 aliphatic rings. The largest absolute Gasteiger partial charge is 0.493 e. The number of hydrogen-bond donors (Lipinski definition) is 1. The maximum Gasteiger partial charge on any atom is 0.122 e. The fraction of sp³-hybridized carbons (Fsp3) is 0.533. The van der Waals surface area contributed by atoms with Gasteiger partial charge in [-0.3, -0.25) is 0 Å². The second-order valence-corrected chi connectivity index (χ2v) is 5.44. The second-order valence-electron chi connectivity index (χ2n) is 5.44. The van der Waals surface area contributed by atoms with Gasteiger partial charge in [-0.25, -0.2) is 0 Å². The molecule has 0 bridgehead atoms. The average Bonchev–Trinajstić information content (AvgIpc) is 3.08. The number of aryl methyl sites for hydroxylation is 1. The number of hydrogen-bond acceptors (Lipinski definition) is 3. The van der Waals surface area contributed by atoms with Crippen LogP contribution in [0.1, 0.15) is 43.4 Å². The molecule has 2 N–H and O–H groups in total. The summed E-state index contributed by atoms with van der Waals surface area (Å²) in [6.07, 6.45) is 2.82. The molecule has 0 heterocycles. The Bertz CT molecular complexity index is 470. The number of ether oxygens (including phenoxy) is 1. The SMILES string of the molecule is Cc1cc([C@H](C)N)ccc1OCC1(CC#N)CC1. The van der Waals surface area contributed by atoms with Crippen molar-refractivity contribution in [2.75, 3.05) is 6.61 Å². The molecule has 1 aliphatic carbocycles. The van der Waals surface area contributed by atoms with E-state index in [1.807, 2.05) is 26.0 Å². The highest BCUT2D eigenvalue weighted by Crippen LogP contribution is 2.48. The molecule has 0 aromatic heterocycles. The van der Waals surface area contributed by atoms with E-state index >= 15 is 0 Å². The molecule has 0 unspecified atom stereocenters. The first-order valence-corrected chi connectivity index (χ1v) is 6.42.